The van der Waals surface area contributed by atoms with Crippen LogP contribution in [0.1, 0.15) is 0 Å². The molecule has 6 heteroatoms. The fourth-order valence-electron chi connectivity index (χ4n) is 6.46. The van der Waals surface area contributed by atoms with Crippen LogP contribution in [0.2, 0.25) is 0 Å². The Balaban J connectivity index is 1.08. The van der Waals surface area contributed by atoms with Crippen LogP contribution in [0.25, 0.3) is 90.3 Å². The third-order valence-electron chi connectivity index (χ3n) is 9.25. The number of hydrogen-bond donors (Lipinski definition) is 0. The Bertz CT molecular complexity index is 2630. The highest BCUT2D eigenvalue weighted by atomic mass is 15.0. The molecule has 0 radical (unpaired) electrons. The molecule has 0 amide bonds. The Morgan fingerprint density at radius 3 is 1.07 bits per heavy atom. The van der Waals surface area contributed by atoms with Crippen LogP contribution in [-0.2, 0) is 0 Å². The molecule has 6 aromatic carbocycles. The molecular formula is C48H32N6. The molecule has 0 aliphatic carbocycles. The second-order valence-electron chi connectivity index (χ2n) is 12.8. The zero-order chi connectivity index (χ0) is 36.1. The lowest BCUT2D eigenvalue weighted by Gasteiger charge is -2.12. The standard InChI is InChI=1S/C48H32N6/c1-4-13-34(14-5-1)45-50-43(31-44(51-45)41-22-11-20-39(30-41)42-23-12-28-49-32-42)40-21-10-19-38(29-40)33-24-26-37(27-25-33)48-53-46(35-15-6-2-7-16-35)52-47(54-48)36-17-8-3-9-18-36/h1-32H. The van der Waals surface area contributed by atoms with Crippen molar-refractivity contribution >= 4 is 0 Å². The molecule has 6 nitrogen and oxygen atoms in total. The number of benzene rings is 6. The van der Waals surface area contributed by atoms with Gasteiger partial charge in [0.2, 0.25) is 0 Å². The van der Waals surface area contributed by atoms with E-state index < -0.39 is 0 Å². The van der Waals surface area contributed by atoms with Gasteiger partial charge in [-0.05, 0) is 41.0 Å². The summed E-state index contributed by atoms with van der Waals surface area (Å²) < 4.78 is 0. The number of aromatic nitrogens is 6. The topological polar surface area (TPSA) is 77.3 Å². The zero-order valence-corrected chi connectivity index (χ0v) is 29.2. The third-order valence-corrected chi connectivity index (χ3v) is 9.25. The van der Waals surface area contributed by atoms with Crippen LogP contribution >= 0.6 is 0 Å². The van der Waals surface area contributed by atoms with Crippen molar-refractivity contribution in [2.45, 2.75) is 0 Å². The Hall–Kier alpha value is -7.44. The first-order valence-electron chi connectivity index (χ1n) is 17.8. The third kappa shape index (κ3) is 6.92. The first-order valence-corrected chi connectivity index (χ1v) is 17.8. The van der Waals surface area contributed by atoms with Crippen LogP contribution in [0, 0.1) is 0 Å². The minimum Gasteiger partial charge on any atom is -0.264 e. The lowest BCUT2D eigenvalue weighted by atomic mass is 9.99. The van der Waals surface area contributed by atoms with Crippen LogP contribution in [0.4, 0.5) is 0 Å². The van der Waals surface area contributed by atoms with Gasteiger partial charge in [-0.3, -0.25) is 4.98 Å². The molecular weight excluding hydrogens is 661 g/mol. The molecule has 0 atom stereocenters. The lowest BCUT2D eigenvalue weighted by Crippen LogP contribution is -2.00. The van der Waals surface area contributed by atoms with E-state index in [2.05, 4.69) is 89.9 Å². The molecule has 254 valence electrons. The Morgan fingerprint density at radius 2 is 0.611 bits per heavy atom. The predicted molar refractivity (Wildman–Crippen MR) is 217 cm³/mol. The first-order chi connectivity index (χ1) is 26.7. The highest BCUT2D eigenvalue weighted by Gasteiger charge is 2.14. The molecule has 0 saturated carbocycles. The minimum absolute atomic E-state index is 0.623. The molecule has 0 bridgehead atoms. The predicted octanol–water partition coefficient (Wildman–Crippen LogP) is 11.4. The van der Waals surface area contributed by atoms with Gasteiger partial charge in [0.05, 0.1) is 11.4 Å². The van der Waals surface area contributed by atoms with Gasteiger partial charge in [-0.1, -0.05) is 158 Å². The lowest BCUT2D eigenvalue weighted by molar-refractivity contribution is 1.07. The van der Waals surface area contributed by atoms with Gasteiger partial charge in [0.1, 0.15) is 0 Å². The molecule has 9 aromatic rings. The summed E-state index contributed by atoms with van der Waals surface area (Å²) in [6.07, 6.45) is 3.67. The number of rotatable bonds is 8. The Kier molecular flexibility index (Phi) is 8.81. The van der Waals surface area contributed by atoms with Crippen molar-refractivity contribution in [1.82, 2.24) is 29.9 Å². The van der Waals surface area contributed by atoms with E-state index in [4.69, 9.17) is 24.9 Å². The van der Waals surface area contributed by atoms with Crippen LogP contribution < -0.4 is 0 Å². The maximum atomic E-state index is 5.09. The molecule has 0 unspecified atom stereocenters. The van der Waals surface area contributed by atoms with E-state index in [-0.39, 0.29) is 0 Å². The minimum atomic E-state index is 0.623. The summed E-state index contributed by atoms with van der Waals surface area (Å²) >= 11 is 0. The van der Waals surface area contributed by atoms with Crippen molar-refractivity contribution < 1.29 is 0 Å². The molecule has 0 fully saturated rings. The summed E-state index contributed by atoms with van der Waals surface area (Å²) in [5.74, 6) is 2.57. The van der Waals surface area contributed by atoms with Crippen LogP contribution in [-0.4, -0.2) is 29.9 Å². The van der Waals surface area contributed by atoms with Crippen LogP contribution in [0.5, 0.6) is 0 Å². The molecule has 0 aliphatic rings. The van der Waals surface area contributed by atoms with Crippen molar-refractivity contribution in [2.75, 3.05) is 0 Å². The fourth-order valence-corrected chi connectivity index (χ4v) is 6.46. The zero-order valence-electron chi connectivity index (χ0n) is 29.2. The number of hydrogen-bond acceptors (Lipinski definition) is 6. The maximum absolute atomic E-state index is 5.09. The molecule has 54 heavy (non-hydrogen) atoms. The average Bonchev–Trinajstić information content (AvgIpc) is 3.27. The van der Waals surface area contributed by atoms with Gasteiger partial charge in [0.15, 0.2) is 23.3 Å². The van der Waals surface area contributed by atoms with E-state index in [9.17, 15) is 0 Å². The first kappa shape index (κ1) is 32.5. The van der Waals surface area contributed by atoms with E-state index in [0.717, 1.165) is 67.0 Å². The summed E-state index contributed by atoms with van der Waals surface area (Å²) in [5, 5.41) is 0. The van der Waals surface area contributed by atoms with Crippen molar-refractivity contribution in [2.24, 2.45) is 0 Å². The molecule has 0 saturated heterocycles. The molecule has 0 aliphatic heterocycles. The summed E-state index contributed by atoms with van der Waals surface area (Å²) in [7, 11) is 0. The highest BCUT2D eigenvalue weighted by Crippen LogP contribution is 2.33. The second kappa shape index (κ2) is 14.7. The molecule has 0 spiro atoms. The fraction of sp³-hybridized carbons (Fsp3) is 0. The number of nitrogens with zero attached hydrogens (tertiary/aromatic N) is 6. The SMILES string of the molecule is c1ccc(-c2nc(-c3cccc(-c4ccc(-c5nc(-c6ccccc6)nc(-c6ccccc6)n5)cc4)c3)cc(-c3cccc(-c4cccnc4)c3)n2)cc1. The number of pyridine rings is 1. The van der Waals surface area contributed by atoms with Gasteiger partial charge in [0, 0.05) is 51.3 Å². The largest absolute Gasteiger partial charge is 0.264 e. The van der Waals surface area contributed by atoms with Crippen molar-refractivity contribution in [3.05, 3.63) is 194 Å². The average molecular weight is 693 g/mol. The Morgan fingerprint density at radius 1 is 0.241 bits per heavy atom. The normalized spacial score (nSPS) is 11.0. The molecule has 3 heterocycles. The highest BCUT2D eigenvalue weighted by molar-refractivity contribution is 5.78. The van der Waals surface area contributed by atoms with Crippen LogP contribution in [0.15, 0.2) is 194 Å². The van der Waals surface area contributed by atoms with Gasteiger partial charge in [-0.15, -0.1) is 0 Å². The summed E-state index contributed by atoms with van der Waals surface area (Å²) in [6.45, 7) is 0. The van der Waals surface area contributed by atoms with E-state index in [1.54, 1.807) is 6.20 Å². The van der Waals surface area contributed by atoms with E-state index >= 15 is 0 Å². The van der Waals surface area contributed by atoms with E-state index in [1.165, 1.54) is 0 Å². The van der Waals surface area contributed by atoms with Gasteiger partial charge < -0.3 is 0 Å². The monoisotopic (exact) mass is 692 g/mol. The van der Waals surface area contributed by atoms with Gasteiger partial charge in [-0.25, -0.2) is 24.9 Å². The Labute approximate surface area is 313 Å². The molecule has 0 N–H and O–H groups in total. The summed E-state index contributed by atoms with van der Waals surface area (Å²) in [4.78, 5) is 29.1. The summed E-state index contributed by atoms with van der Waals surface area (Å²) in [6, 6.07) is 61.6. The van der Waals surface area contributed by atoms with Gasteiger partial charge in [-0.2, -0.15) is 0 Å². The van der Waals surface area contributed by atoms with Gasteiger partial charge >= 0.3 is 0 Å². The maximum Gasteiger partial charge on any atom is 0.164 e. The summed E-state index contributed by atoms with van der Waals surface area (Å²) in [5.41, 5.74) is 11.7. The smallest absolute Gasteiger partial charge is 0.164 e. The van der Waals surface area contributed by atoms with Crippen LogP contribution in [0.3, 0.4) is 0 Å². The van der Waals surface area contributed by atoms with Crippen molar-refractivity contribution in [1.29, 1.82) is 0 Å². The quantitative estimate of drug-likeness (QED) is 0.158. The molecule has 9 rings (SSSR count). The molecule has 3 aromatic heterocycles. The van der Waals surface area contributed by atoms with E-state index in [1.807, 2.05) is 103 Å². The van der Waals surface area contributed by atoms with Gasteiger partial charge in [0.25, 0.3) is 0 Å². The van der Waals surface area contributed by atoms with Crippen molar-refractivity contribution in [3.8, 4) is 90.3 Å². The second-order valence-corrected chi connectivity index (χ2v) is 12.8. The van der Waals surface area contributed by atoms with Crippen molar-refractivity contribution in [3.63, 3.8) is 0 Å². The van der Waals surface area contributed by atoms with E-state index in [0.29, 0.717) is 23.3 Å².